The third kappa shape index (κ3) is 3.25. The van der Waals surface area contributed by atoms with Gasteiger partial charge < -0.3 is 0 Å². The molecule has 0 atom stereocenters. The van der Waals surface area contributed by atoms with E-state index in [9.17, 15) is 0 Å². The fraction of sp³-hybridized carbons (Fsp3) is 0.333. The summed E-state index contributed by atoms with van der Waals surface area (Å²) in [5, 5.41) is 0. The molecule has 0 saturated heterocycles. The Kier molecular flexibility index (Phi) is 4.82. The summed E-state index contributed by atoms with van der Waals surface area (Å²) < 4.78 is 4.01. The van der Waals surface area contributed by atoms with E-state index in [-0.39, 0.29) is 0 Å². The molecule has 0 nitrogen and oxygen atoms in total. The van der Waals surface area contributed by atoms with Crippen LogP contribution in [0.2, 0.25) is 0 Å². The van der Waals surface area contributed by atoms with Gasteiger partial charge in [0.2, 0.25) is 0 Å². The van der Waals surface area contributed by atoms with Crippen molar-refractivity contribution < 1.29 is 0 Å². The SMILES string of the molecule is CCCc1ccc(-c2cc3sc(Br)cc3s2)c(CCC)c1. The summed E-state index contributed by atoms with van der Waals surface area (Å²) in [6.45, 7) is 4.51. The van der Waals surface area contributed by atoms with E-state index in [4.69, 9.17) is 0 Å². The van der Waals surface area contributed by atoms with Gasteiger partial charge in [-0.2, -0.15) is 0 Å². The molecule has 0 aliphatic rings. The van der Waals surface area contributed by atoms with E-state index in [0.717, 1.165) is 0 Å². The molecule has 0 aliphatic heterocycles. The predicted octanol–water partition coefficient (Wildman–Crippen LogP) is 7.30. The lowest BCUT2D eigenvalue weighted by atomic mass is 9.97. The lowest BCUT2D eigenvalue weighted by Crippen LogP contribution is -1.92. The van der Waals surface area contributed by atoms with E-state index in [2.05, 4.69) is 60.1 Å². The maximum Gasteiger partial charge on any atom is 0.0719 e. The number of halogens is 1. The molecule has 0 amide bonds. The monoisotopic (exact) mass is 378 g/mol. The van der Waals surface area contributed by atoms with Crippen LogP contribution in [0.1, 0.15) is 37.8 Å². The fourth-order valence-electron chi connectivity index (χ4n) is 2.75. The molecule has 3 aromatic rings. The molecule has 0 spiro atoms. The molecule has 0 unspecified atom stereocenters. The second-order valence-electron chi connectivity index (χ2n) is 5.38. The van der Waals surface area contributed by atoms with Gasteiger partial charge >= 0.3 is 0 Å². The minimum absolute atomic E-state index is 1.17. The Morgan fingerprint density at radius 1 is 0.905 bits per heavy atom. The largest absolute Gasteiger partial charge is 0.134 e. The van der Waals surface area contributed by atoms with Crippen molar-refractivity contribution in [1.82, 2.24) is 0 Å². The quantitative estimate of drug-likeness (QED) is 0.436. The second kappa shape index (κ2) is 6.64. The van der Waals surface area contributed by atoms with Crippen LogP contribution in [0.15, 0.2) is 34.1 Å². The number of benzene rings is 1. The van der Waals surface area contributed by atoms with E-state index in [1.165, 1.54) is 60.4 Å². The first kappa shape index (κ1) is 15.3. The van der Waals surface area contributed by atoms with E-state index >= 15 is 0 Å². The third-order valence-electron chi connectivity index (χ3n) is 3.67. The first-order chi connectivity index (χ1) is 10.2. The van der Waals surface area contributed by atoms with Gasteiger partial charge in [-0.1, -0.05) is 44.9 Å². The van der Waals surface area contributed by atoms with Crippen LogP contribution >= 0.6 is 38.6 Å². The highest BCUT2D eigenvalue weighted by Crippen LogP contribution is 2.41. The van der Waals surface area contributed by atoms with Crippen molar-refractivity contribution >= 4 is 48.0 Å². The number of thiophene rings is 2. The molecule has 3 heteroatoms. The number of rotatable bonds is 5. The van der Waals surface area contributed by atoms with Gasteiger partial charge in [-0.25, -0.2) is 0 Å². The van der Waals surface area contributed by atoms with E-state index in [1.54, 1.807) is 0 Å². The van der Waals surface area contributed by atoms with Crippen LogP contribution < -0.4 is 0 Å². The summed E-state index contributed by atoms with van der Waals surface area (Å²) in [7, 11) is 0. The Labute approximate surface area is 143 Å². The maximum absolute atomic E-state index is 3.58. The molecule has 110 valence electrons. The smallest absolute Gasteiger partial charge is 0.0719 e. The van der Waals surface area contributed by atoms with Crippen molar-refractivity contribution in [1.29, 1.82) is 0 Å². The highest BCUT2D eigenvalue weighted by molar-refractivity contribution is 9.11. The minimum atomic E-state index is 1.17. The Hall–Kier alpha value is -0.640. The van der Waals surface area contributed by atoms with Crippen LogP contribution in [0.3, 0.4) is 0 Å². The standard InChI is InChI=1S/C18H19BrS2/c1-3-5-12-7-8-14(13(9-12)6-4-2)15-10-16-17(20-15)11-18(19)21-16/h7-11H,3-6H2,1-2H3. The lowest BCUT2D eigenvalue weighted by molar-refractivity contribution is 0.897. The summed E-state index contributed by atoms with van der Waals surface area (Å²) in [5.41, 5.74) is 4.42. The molecule has 2 heterocycles. The van der Waals surface area contributed by atoms with Crippen molar-refractivity contribution in [3.8, 4) is 10.4 Å². The van der Waals surface area contributed by atoms with Gasteiger partial charge in [0.1, 0.15) is 0 Å². The molecule has 2 aromatic heterocycles. The number of hydrogen-bond acceptors (Lipinski definition) is 2. The fourth-order valence-corrected chi connectivity index (χ4v) is 5.83. The highest BCUT2D eigenvalue weighted by atomic mass is 79.9. The van der Waals surface area contributed by atoms with E-state index in [0.29, 0.717) is 0 Å². The number of aryl methyl sites for hydroxylation is 2. The first-order valence-corrected chi connectivity index (χ1v) is 9.95. The van der Waals surface area contributed by atoms with Crippen LogP contribution in [0, 0.1) is 0 Å². The maximum atomic E-state index is 3.58. The summed E-state index contributed by atoms with van der Waals surface area (Å²) in [6.07, 6.45) is 4.77. The molecular formula is C18H19BrS2. The molecule has 3 rings (SSSR count). The van der Waals surface area contributed by atoms with Crippen molar-refractivity contribution in [2.75, 3.05) is 0 Å². The summed E-state index contributed by atoms with van der Waals surface area (Å²) >= 11 is 7.31. The molecule has 21 heavy (non-hydrogen) atoms. The molecule has 0 bridgehead atoms. The van der Waals surface area contributed by atoms with Gasteiger partial charge in [0.05, 0.1) is 3.79 Å². The van der Waals surface area contributed by atoms with E-state index in [1.807, 2.05) is 22.7 Å². The Balaban J connectivity index is 2.04. The van der Waals surface area contributed by atoms with Crippen LogP contribution in [-0.2, 0) is 12.8 Å². The van der Waals surface area contributed by atoms with Crippen LogP contribution in [0.25, 0.3) is 19.8 Å². The van der Waals surface area contributed by atoms with Gasteiger partial charge in [-0.05, 0) is 57.6 Å². The van der Waals surface area contributed by atoms with Crippen molar-refractivity contribution in [3.63, 3.8) is 0 Å². The zero-order valence-electron chi connectivity index (χ0n) is 12.4. The average molecular weight is 379 g/mol. The zero-order valence-corrected chi connectivity index (χ0v) is 15.6. The lowest BCUT2D eigenvalue weighted by Gasteiger charge is -2.10. The van der Waals surface area contributed by atoms with Gasteiger partial charge in [0.25, 0.3) is 0 Å². The topological polar surface area (TPSA) is 0 Å². The summed E-state index contributed by atoms with van der Waals surface area (Å²) in [4.78, 5) is 1.41. The molecule has 0 radical (unpaired) electrons. The van der Waals surface area contributed by atoms with Crippen LogP contribution in [0.5, 0.6) is 0 Å². The van der Waals surface area contributed by atoms with Crippen molar-refractivity contribution in [2.45, 2.75) is 39.5 Å². The van der Waals surface area contributed by atoms with Gasteiger partial charge in [-0.3, -0.25) is 0 Å². The Morgan fingerprint density at radius 3 is 2.38 bits per heavy atom. The van der Waals surface area contributed by atoms with E-state index < -0.39 is 0 Å². The van der Waals surface area contributed by atoms with Gasteiger partial charge in [0.15, 0.2) is 0 Å². The summed E-state index contributed by atoms with van der Waals surface area (Å²) in [6, 6.07) is 11.6. The Bertz CT molecular complexity index is 720. The zero-order chi connectivity index (χ0) is 14.8. The first-order valence-electron chi connectivity index (χ1n) is 7.52. The molecule has 0 aliphatic carbocycles. The molecule has 0 saturated carbocycles. The Morgan fingerprint density at radius 2 is 1.67 bits per heavy atom. The average Bonchev–Trinajstić information content (AvgIpc) is 2.97. The molecule has 0 fully saturated rings. The third-order valence-corrected chi connectivity index (χ3v) is 6.50. The minimum Gasteiger partial charge on any atom is -0.134 e. The molecule has 0 N–H and O–H groups in total. The highest BCUT2D eigenvalue weighted by Gasteiger charge is 2.11. The van der Waals surface area contributed by atoms with Gasteiger partial charge in [-0.15, -0.1) is 22.7 Å². The second-order valence-corrected chi connectivity index (χ2v) is 8.93. The van der Waals surface area contributed by atoms with Crippen LogP contribution in [0.4, 0.5) is 0 Å². The van der Waals surface area contributed by atoms with Gasteiger partial charge in [0, 0.05) is 14.3 Å². The molecule has 1 aromatic carbocycles. The molecular weight excluding hydrogens is 360 g/mol. The predicted molar refractivity (Wildman–Crippen MR) is 101 cm³/mol. The van der Waals surface area contributed by atoms with Crippen molar-refractivity contribution in [2.24, 2.45) is 0 Å². The number of fused-ring (bicyclic) bond motifs is 1. The summed E-state index contributed by atoms with van der Waals surface area (Å²) in [5.74, 6) is 0. The van der Waals surface area contributed by atoms with Crippen LogP contribution in [-0.4, -0.2) is 0 Å². The number of hydrogen-bond donors (Lipinski definition) is 0. The van der Waals surface area contributed by atoms with Crippen molar-refractivity contribution in [3.05, 3.63) is 45.2 Å². The normalized spacial score (nSPS) is 11.4.